The molecule has 0 amide bonds. The van der Waals surface area contributed by atoms with Gasteiger partial charge in [0.25, 0.3) is 0 Å². The summed E-state index contributed by atoms with van der Waals surface area (Å²) in [5.41, 5.74) is 0. The van der Waals surface area contributed by atoms with Crippen LogP contribution in [0, 0.1) is 0 Å². The maximum Gasteiger partial charge on any atom is 0.347 e. The van der Waals surface area contributed by atoms with Crippen LogP contribution in [-0.4, -0.2) is 40.2 Å². The van der Waals surface area contributed by atoms with Crippen molar-refractivity contribution in [1.29, 1.82) is 0 Å². The Hall–Kier alpha value is -0.750. The number of rotatable bonds is 3. The van der Waals surface area contributed by atoms with Gasteiger partial charge in [0.2, 0.25) is 0 Å². The Balaban J connectivity index is 2.08. The smallest absolute Gasteiger partial charge is 0.347 e. The topological polar surface area (TPSA) is 53.4 Å². The van der Waals surface area contributed by atoms with Crippen molar-refractivity contribution < 1.29 is 9.90 Å². The summed E-state index contributed by atoms with van der Waals surface area (Å²) in [5, 5.41) is 10.3. The van der Waals surface area contributed by atoms with Crippen LogP contribution < -0.4 is 4.90 Å². The van der Waals surface area contributed by atoms with Crippen molar-refractivity contribution in [3.63, 3.8) is 0 Å². The molecule has 1 fully saturated rings. The van der Waals surface area contributed by atoms with Gasteiger partial charge in [-0.05, 0) is 6.42 Å². The molecule has 2 rings (SSSR count). The van der Waals surface area contributed by atoms with Crippen molar-refractivity contribution in [2.45, 2.75) is 18.6 Å². The highest BCUT2D eigenvalue weighted by molar-refractivity contribution is 8.00. The molecule has 1 aliphatic rings. The number of aromatic carboxylic acids is 1. The van der Waals surface area contributed by atoms with Crippen LogP contribution in [0.2, 0.25) is 0 Å². The molecule has 0 spiro atoms. The van der Waals surface area contributed by atoms with Gasteiger partial charge in [0.15, 0.2) is 5.13 Å². The standard InChI is InChI=1S/C10H14N2O2S2/c1-2-7-6-12(3-4-15-7)10-11-5-8(16-10)9(13)14/h5,7H,2-4,6H2,1H3,(H,13,14). The number of nitrogens with zero attached hydrogens (tertiary/aromatic N) is 2. The highest BCUT2D eigenvalue weighted by atomic mass is 32.2. The second-order valence-electron chi connectivity index (χ2n) is 3.66. The van der Waals surface area contributed by atoms with Gasteiger partial charge in [-0.15, -0.1) is 0 Å². The zero-order valence-corrected chi connectivity index (χ0v) is 10.7. The predicted molar refractivity (Wildman–Crippen MR) is 67.8 cm³/mol. The molecule has 2 heterocycles. The normalized spacial score (nSPS) is 21.1. The van der Waals surface area contributed by atoms with Gasteiger partial charge in [0.1, 0.15) is 4.88 Å². The summed E-state index contributed by atoms with van der Waals surface area (Å²) in [6.45, 7) is 4.13. The summed E-state index contributed by atoms with van der Waals surface area (Å²) < 4.78 is 0. The summed E-state index contributed by atoms with van der Waals surface area (Å²) >= 11 is 3.26. The molecule has 0 saturated carbocycles. The number of hydrogen-bond acceptors (Lipinski definition) is 5. The van der Waals surface area contributed by atoms with Gasteiger partial charge in [-0.1, -0.05) is 18.3 Å². The predicted octanol–water partition coefficient (Wildman–Crippen LogP) is 2.17. The average molecular weight is 258 g/mol. The minimum atomic E-state index is -0.887. The summed E-state index contributed by atoms with van der Waals surface area (Å²) in [7, 11) is 0. The van der Waals surface area contributed by atoms with E-state index in [-0.39, 0.29) is 0 Å². The number of thiazole rings is 1. The third-order valence-corrected chi connectivity index (χ3v) is 4.99. The molecular weight excluding hydrogens is 244 g/mol. The zero-order chi connectivity index (χ0) is 11.5. The van der Waals surface area contributed by atoms with Crippen molar-refractivity contribution in [1.82, 2.24) is 4.98 Å². The van der Waals surface area contributed by atoms with E-state index in [1.54, 1.807) is 0 Å². The third-order valence-electron chi connectivity index (χ3n) is 2.57. The minimum absolute atomic E-state index is 0.321. The van der Waals surface area contributed by atoms with Crippen LogP contribution in [0.25, 0.3) is 0 Å². The maximum atomic E-state index is 10.8. The molecule has 6 heteroatoms. The molecule has 4 nitrogen and oxygen atoms in total. The molecule has 0 bridgehead atoms. The van der Waals surface area contributed by atoms with E-state index in [4.69, 9.17) is 5.11 Å². The van der Waals surface area contributed by atoms with Crippen molar-refractivity contribution in [3.8, 4) is 0 Å². The Morgan fingerprint density at radius 3 is 3.19 bits per heavy atom. The Labute approximate surface area is 103 Å². The van der Waals surface area contributed by atoms with E-state index in [1.807, 2.05) is 11.8 Å². The van der Waals surface area contributed by atoms with Crippen LogP contribution in [-0.2, 0) is 0 Å². The van der Waals surface area contributed by atoms with E-state index in [0.717, 1.165) is 30.4 Å². The lowest BCUT2D eigenvalue weighted by Gasteiger charge is -2.31. The molecule has 1 atom stereocenters. The van der Waals surface area contributed by atoms with E-state index in [1.165, 1.54) is 17.5 Å². The Kier molecular flexibility index (Phi) is 3.70. The number of carboxylic acid groups (broad SMARTS) is 1. The molecule has 88 valence electrons. The van der Waals surface area contributed by atoms with E-state index in [0.29, 0.717) is 10.1 Å². The van der Waals surface area contributed by atoms with Gasteiger partial charge in [0, 0.05) is 24.1 Å². The fourth-order valence-electron chi connectivity index (χ4n) is 1.65. The van der Waals surface area contributed by atoms with Crippen LogP contribution >= 0.6 is 23.1 Å². The number of aromatic nitrogens is 1. The van der Waals surface area contributed by atoms with E-state index in [9.17, 15) is 4.79 Å². The molecule has 0 radical (unpaired) electrons. The van der Waals surface area contributed by atoms with Gasteiger partial charge >= 0.3 is 5.97 Å². The van der Waals surface area contributed by atoms with Gasteiger partial charge < -0.3 is 10.0 Å². The molecule has 1 saturated heterocycles. The first kappa shape index (κ1) is 11.7. The van der Waals surface area contributed by atoms with E-state index < -0.39 is 5.97 Å². The molecule has 1 unspecified atom stereocenters. The largest absolute Gasteiger partial charge is 0.477 e. The summed E-state index contributed by atoms with van der Waals surface area (Å²) in [6, 6.07) is 0. The fraction of sp³-hybridized carbons (Fsp3) is 0.600. The third kappa shape index (κ3) is 2.49. The summed E-state index contributed by atoms with van der Waals surface area (Å²) in [5.74, 6) is 0.211. The Morgan fingerprint density at radius 2 is 2.56 bits per heavy atom. The number of thioether (sulfide) groups is 1. The highest BCUT2D eigenvalue weighted by Crippen LogP contribution is 2.28. The van der Waals surface area contributed by atoms with Crippen LogP contribution in [0.5, 0.6) is 0 Å². The molecule has 0 aliphatic carbocycles. The molecule has 1 aromatic heterocycles. The molecular formula is C10H14N2O2S2. The second-order valence-corrected chi connectivity index (χ2v) is 6.08. The lowest BCUT2D eigenvalue weighted by atomic mass is 10.3. The molecule has 1 aromatic rings. The van der Waals surface area contributed by atoms with Crippen molar-refractivity contribution in [2.24, 2.45) is 0 Å². The lowest BCUT2D eigenvalue weighted by molar-refractivity contribution is 0.0702. The van der Waals surface area contributed by atoms with E-state index in [2.05, 4.69) is 16.8 Å². The lowest BCUT2D eigenvalue weighted by Crippen LogP contribution is -2.37. The minimum Gasteiger partial charge on any atom is -0.477 e. The van der Waals surface area contributed by atoms with Crippen LogP contribution in [0.1, 0.15) is 23.0 Å². The molecule has 1 N–H and O–H groups in total. The first-order valence-electron chi connectivity index (χ1n) is 5.26. The second kappa shape index (κ2) is 5.05. The van der Waals surface area contributed by atoms with Crippen LogP contribution in [0.3, 0.4) is 0 Å². The fourth-order valence-corrected chi connectivity index (χ4v) is 3.62. The number of carbonyl (C=O) groups is 1. The zero-order valence-electron chi connectivity index (χ0n) is 9.05. The van der Waals surface area contributed by atoms with E-state index >= 15 is 0 Å². The number of hydrogen-bond donors (Lipinski definition) is 1. The summed E-state index contributed by atoms with van der Waals surface area (Å²) in [4.78, 5) is 17.5. The van der Waals surface area contributed by atoms with Crippen molar-refractivity contribution in [2.75, 3.05) is 23.7 Å². The molecule has 0 aromatic carbocycles. The monoisotopic (exact) mass is 258 g/mol. The SMILES string of the molecule is CCC1CN(c2ncc(C(=O)O)s2)CCS1. The number of carboxylic acids is 1. The highest BCUT2D eigenvalue weighted by Gasteiger charge is 2.22. The Morgan fingerprint density at radius 1 is 1.75 bits per heavy atom. The van der Waals surface area contributed by atoms with Crippen LogP contribution in [0.15, 0.2) is 6.20 Å². The quantitative estimate of drug-likeness (QED) is 0.900. The first-order chi connectivity index (χ1) is 7.70. The average Bonchev–Trinajstić information content (AvgIpc) is 2.78. The van der Waals surface area contributed by atoms with Crippen molar-refractivity contribution >= 4 is 34.2 Å². The maximum absolute atomic E-state index is 10.8. The number of anilines is 1. The van der Waals surface area contributed by atoms with Crippen LogP contribution in [0.4, 0.5) is 5.13 Å². The summed E-state index contributed by atoms with van der Waals surface area (Å²) in [6.07, 6.45) is 2.60. The van der Waals surface area contributed by atoms with Gasteiger partial charge in [-0.25, -0.2) is 9.78 Å². The van der Waals surface area contributed by atoms with Gasteiger partial charge in [-0.3, -0.25) is 0 Å². The first-order valence-corrected chi connectivity index (χ1v) is 7.13. The Bertz CT molecular complexity index is 381. The van der Waals surface area contributed by atoms with Crippen molar-refractivity contribution in [3.05, 3.63) is 11.1 Å². The van der Waals surface area contributed by atoms with Gasteiger partial charge in [0.05, 0.1) is 6.20 Å². The molecule has 1 aliphatic heterocycles. The molecule has 16 heavy (non-hydrogen) atoms. The van der Waals surface area contributed by atoms with Gasteiger partial charge in [-0.2, -0.15) is 11.8 Å².